The summed E-state index contributed by atoms with van der Waals surface area (Å²) >= 11 is 1.64. The van der Waals surface area contributed by atoms with Gasteiger partial charge in [0, 0.05) is 16.6 Å². The Hall–Kier alpha value is -2.79. The molecule has 4 rings (SSSR count). The molecule has 0 saturated heterocycles. The van der Waals surface area contributed by atoms with E-state index in [0.29, 0.717) is 6.54 Å². The van der Waals surface area contributed by atoms with E-state index in [1.807, 2.05) is 43.3 Å². The fraction of sp³-hybridized carbons (Fsp3) is 0.105. The Morgan fingerprint density at radius 3 is 2.71 bits per heavy atom. The summed E-state index contributed by atoms with van der Waals surface area (Å²) in [7, 11) is 0. The maximum atomic E-state index is 4.53. The van der Waals surface area contributed by atoms with E-state index in [1.165, 1.54) is 5.56 Å². The molecule has 4 aromatic rings. The molecule has 0 fully saturated rings. The standard InChI is InChI=1S/C19H16N4S/c1-13-6-5-9-15(23-13)10-20-18-17-16(14-7-3-2-4-8-14)11-24-19(17)22-12-21-18/h2-9,11-12H,10H2,1H3,(H,20,21,22). The van der Waals surface area contributed by atoms with Crippen molar-refractivity contribution in [1.82, 2.24) is 15.0 Å². The zero-order chi connectivity index (χ0) is 16.4. The maximum absolute atomic E-state index is 4.53. The summed E-state index contributed by atoms with van der Waals surface area (Å²) in [6.07, 6.45) is 1.61. The van der Waals surface area contributed by atoms with Gasteiger partial charge in [-0.2, -0.15) is 0 Å². The first-order chi connectivity index (χ1) is 11.8. The van der Waals surface area contributed by atoms with E-state index in [-0.39, 0.29) is 0 Å². The van der Waals surface area contributed by atoms with Crippen molar-refractivity contribution in [3.8, 4) is 11.1 Å². The fourth-order valence-electron chi connectivity index (χ4n) is 2.71. The van der Waals surface area contributed by atoms with Crippen molar-refractivity contribution < 1.29 is 0 Å². The summed E-state index contributed by atoms with van der Waals surface area (Å²) in [6, 6.07) is 16.4. The highest BCUT2D eigenvalue weighted by molar-refractivity contribution is 7.17. The Morgan fingerprint density at radius 2 is 1.88 bits per heavy atom. The summed E-state index contributed by atoms with van der Waals surface area (Å²) < 4.78 is 0. The van der Waals surface area contributed by atoms with Crippen LogP contribution in [-0.4, -0.2) is 15.0 Å². The zero-order valence-corrected chi connectivity index (χ0v) is 14.0. The molecule has 1 aromatic carbocycles. The van der Waals surface area contributed by atoms with Gasteiger partial charge in [0.1, 0.15) is 17.0 Å². The number of hydrogen-bond donors (Lipinski definition) is 1. The second-order valence-corrected chi connectivity index (χ2v) is 6.40. The summed E-state index contributed by atoms with van der Waals surface area (Å²) in [5.41, 5.74) is 4.35. The highest BCUT2D eigenvalue weighted by atomic mass is 32.1. The number of anilines is 1. The molecule has 0 radical (unpaired) electrons. The Morgan fingerprint density at radius 1 is 1.00 bits per heavy atom. The smallest absolute Gasteiger partial charge is 0.139 e. The molecule has 0 aliphatic heterocycles. The number of thiophene rings is 1. The molecule has 3 heterocycles. The van der Waals surface area contributed by atoms with Crippen LogP contribution in [-0.2, 0) is 6.54 Å². The Bertz CT molecular complexity index is 979. The number of aryl methyl sites for hydroxylation is 1. The Balaban J connectivity index is 1.72. The molecule has 0 aliphatic rings. The van der Waals surface area contributed by atoms with Crippen molar-refractivity contribution in [2.75, 3.05) is 5.32 Å². The summed E-state index contributed by atoms with van der Waals surface area (Å²) in [6.45, 7) is 2.64. The van der Waals surface area contributed by atoms with Gasteiger partial charge in [0.25, 0.3) is 0 Å². The number of pyridine rings is 1. The molecule has 0 amide bonds. The van der Waals surface area contributed by atoms with Crippen LogP contribution in [0.15, 0.2) is 60.2 Å². The number of hydrogen-bond acceptors (Lipinski definition) is 5. The molecular formula is C19H16N4S. The number of nitrogens with one attached hydrogen (secondary N) is 1. The lowest BCUT2D eigenvalue weighted by Gasteiger charge is -2.08. The van der Waals surface area contributed by atoms with E-state index in [0.717, 1.165) is 33.0 Å². The third-order valence-corrected chi connectivity index (χ3v) is 4.72. The van der Waals surface area contributed by atoms with Crippen LogP contribution in [0.2, 0.25) is 0 Å². The van der Waals surface area contributed by atoms with E-state index < -0.39 is 0 Å². The predicted molar refractivity (Wildman–Crippen MR) is 99.2 cm³/mol. The number of aromatic nitrogens is 3. The summed E-state index contributed by atoms with van der Waals surface area (Å²) in [5, 5.41) is 6.63. The predicted octanol–water partition coefficient (Wildman–Crippen LogP) is 4.67. The van der Waals surface area contributed by atoms with Crippen molar-refractivity contribution >= 4 is 27.4 Å². The molecule has 3 aromatic heterocycles. The monoisotopic (exact) mass is 332 g/mol. The molecule has 0 unspecified atom stereocenters. The van der Waals surface area contributed by atoms with Crippen molar-refractivity contribution in [3.63, 3.8) is 0 Å². The molecule has 118 valence electrons. The minimum atomic E-state index is 0.637. The van der Waals surface area contributed by atoms with Gasteiger partial charge in [-0.15, -0.1) is 11.3 Å². The average molecular weight is 332 g/mol. The molecule has 0 saturated carbocycles. The van der Waals surface area contributed by atoms with Crippen molar-refractivity contribution in [1.29, 1.82) is 0 Å². The Kier molecular flexibility index (Phi) is 3.92. The first-order valence-electron chi connectivity index (χ1n) is 7.75. The number of benzene rings is 1. The van der Waals surface area contributed by atoms with Gasteiger partial charge < -0.3 is 5.32 Å². The van der Waals surface area contributed by atoms with Gasteiger partial charge in [0.05, 0.1) is 17.6 Å². The fourth-order valence-corrected chi connectivity index (χ4v) is 3.63. The van der Waals surface area contributed by atoms with E-state index in [4.69, 9.17) is 0 Å². The highest BCUT2D eigenvalue weighted by Crippen LogP contribution is 2.36. The maximum Gasteiger partial charge on any atom is 0.139 e. The first kappa shape index (κ1) is 14.8. The van der Waals surface area contributed by atoms with Gasteiger partial charge >= 0.3 is 0 Å². The molecule has 0 aliphatic carbocycles. The highest BCUT2D eigenvalue weighted by Gasteiger charge is 2.12. The molecule has 0 atom stereocenters. The number of nitrogens with zero attached hydrogens (tertiary/aromatic N) is 3. The lowest BCUT2D eigenvalue weighted by atomic mass is 10.1. The quantitative estimate of drug-likeness (QED) is 0.590. The van der Waals surface area contributed by atoms with E-state index in [1.54, 1.807) is 17.7 Å². The largest absolute Gasteiger partial charge is 0.364 e. The van der Waals surface area contributed by atoms with E-state index in [9.17, 15) is 0 Å². The van der Waals surface area contributed by atoms with Crippen molar-refractivity contribution in [2.24, 2.45) is 0 Å². The van der Waals surface area contributed by atoms with Crippen LogP contribution in [0, 0.1) is 6.92 Å². The summed E-state index contributed by atoms with van der Waals surface area (Å²) in [5.74, 6) is 0.850. The molecular weight excluding hydrogens is 316 g/mol. The van der Waals surface area contributed by atoms with Gasteiger partial charge in [0.2, 0.25) is 0 Å². The van der Waals surface area contributed by atoms with E-state index >= 15 is 0 Å². The molecule has 0 spiro atoms. The summed E-state index contributed by atoms with van der Waals surface area (Å²) in [4.78, 5) is 14.4. The average Bonchev–Trinajstić information content (AvgIpc) is 3.05. The zero-order valence-electron chi connectivity index (χ0n) is 13.2. The van der Waals surface area contributed by atoms with Gasteiger partial charge in [0.15, 0.2) is 0 Å². The van der Waals surface area contributed by atoms with Crippen LogP contribution >= 0.6 is 11.3 Å². The van der Waals surface area contributed by atoms with E-state index in [2.05, 4.69) is 37.8 Å². The molecule has 4 nitrogen and oxygen atoms in total. The second kappa shape index (κ2) is 6.37. The van der Waals surface area contributed by atoms with Crippen LogP contribution in [0.4, 0.5) is 5.82 Å². The minimum absolute atomic E-state index is 0.637. The topological polar surface area (TPSA) is 50.7 Å². The first-order valence-corrected chi connectivity index (χ1v) is 8.63. The second-order valence-electron chi connectivity index (χ2n) is 5.54. The number of rotatable bonds is 4. The van der Waals surface area contributed by atoms with Crippen LogP contribution in [0.3, 0.4) is 0 Å². The van der Waals surface area contributed by atoms with Gasteiger partial charge in [-0.3, -0.25) is 4.98 Å². The molecule has 5 heteroatoms. The van der Waals surface area contributed by atoms with Gasteiger partial charge in [-0.05, 0) is 24.6 Å². The van der Waals surface area contributed by atoms with Crippen molar-refractivity contribution in [2.45, 2.75) is 13.5 Å². The van der Waals surface area contributed by atoms with Crippen molar-refractivity contribution in [3.05, 3.63) is 71.6 Å². The lowest BCUT2D eigenvalue weighted by Crippen LogP contribution is -2.04. The lowest BCUT2D eigenvalue weighted by molar-refractivity contribution is 1.00. The van der Waals surface area contributed by atoms with Crippen LogP contribution < -0.4 is 5.32 Å². The SMILES string of the molecule is Cc1cccc(CNc2ncnc3scc(-c4ccccc4)c23)n1. The molecule has 0 bridgehead atoms. The van der Waals surface area contributed by atoms with Gasteiger partial charge in [-0.1, -0.05) is 36.4 Å². The molecule has 1 N–H and O–H groups in total. The third-order valence-electron chi connectivity index (χ3n) is 3.84. The minimum Gasteiger partial charge on any atom is -0.364 e. The Labute approximate surface area is 144 Å². The number of fused-ring (bicyclic) bond motifs is 1. The normalized spacial score (nSPS) is 10.9. The van der Waals surface area contributed by atoms with Gasteiger partial charge in [-0.25, -0.2) is 9.97 Å². The third kappa shape index (κ3) is 2.86. The van der Waals surface area contributed by atoms with Crippen LogP contribution in [0.5, 0.6) is 0 Å². The van der Waals surface area contributed by atoms with Crippen LogP contribution in [0.25, 0.3) is 21.3 Å². The van der Waals surface area contributed by atoms with Crippen LogP contribution in [0.1, 0.15) is 11.4 Å². The molecule has 24 heavy (non-hydrogen) atoms.